The molecule has 0 aliphatic carbocycles. The van der Waals surface area contributed by atoms with Crippen LogP contribution in [-0.4, -0.2) is 27.9 Å². The molecule has 7 nitrogen and oxygen atoms in total. The van der Waals surface area contributed by atoms with Crippen molar-refractivity contribution in [1.82, 2.24) is 9.97 Å². The standard InChI is InChI=1S/C19H16N4O3/c1-11-18(24)23-15-4-2-3-14(16(15)26-11)19(25)22-13-7-5-12(6-8-13)17-20-9-10-21-17/h2-11H,1H3,(H,20,21)(H,22,25)(H,23,24)/t11-/m0/s1. The Hall–Kier alpha value is -3.61. The minimum Gasteiger partial charge on any atom is -0.478 e. The van der Waals surface area contributed by atoms with Crippen LogP contribution in [-0.2, 0) is 4.79 Å². The number of hydrogen-bond donors (Lipinski definition) is 3. The van der Waals surface area contributed by atoms with Crippen molar-refractivity contribution in [2.45, 2.75) is 13.0 Å². The van der Waals surface area contributed by atoms with Crippen molar-refractivity contribution in [2.24, 2.45) is 0 Å². The minimum absolute atomic E-state index is 0.233. The number of carbonyl (C=O) groups is 2. The zero-order valence-electron chi connectivity index (χ0n) is 13.9. The molecule has 2 amide bonds. The van der Waals surface area contributed by atoms with E-state index in [1.807, 2.05) is 12.1 Å². The lowest BCUT2D eigenvalue weighted by molar-refractivity contribution is -0.122. The molecule has 1 aliphatic heterocycles. The van der Waals surface area contributed by atoms with Crippen LogP contribution in [0.4, 0.5) is 11.4 Å². The molecular formula is C19H16N4O3. The molecule has 1 aromatic heterocycles. The van der Waals surface area contributed by atoms with Crippen LogP contribution in [0.3, 0.4) is 0 Å². The summed E-state index contributed by atoms with van der Waals surface area (Å²) in [4.78, 5) is 31.6. The number of nitrogens with one attached hydrogen (secondary N) is 3. The predicted molar refractivity (Wildman–Crippen MR) is 97.1 cm³/mol. The van der Waals surface area contributed by atoms with Gasteiger partial charge in [-0.1, -0.05) is 6.07 Å². The summed E-state index contributed by atoms with van der Waals surface area (Å²) >= 11 is 0. The molecule has 1 aliphatic rings. The van der Waals surface area contributed by atoms with Gasteiger partial charge < -0.3 is 20.4 Å². The van der Waals surface area contributed by atoms with E-state index in [0.717, 1.165) is 11.4 Å². The SMILES string of the molecule is C[C@@H]1Oc2c(cccc2C(=O)Nc2ccc(-c3ncc[nH]3)cc2)NC1=O. The van der Waals surface area contributed by atoms with Gasteiger partial charge >= 0.3 is 0 Å². The van der Waals surface area contributed by atoms with Gasteiger partial charge in [0.25, 0.3) is 11.8 Å². The molecule has 0 saturated heterocycles. The van der Waals surface area contributed by atoms with E-state index in [1.54, 1.807) is 49.6 Å². The summed E-state index contributed by atoms with van der Waals surface area (Å²) in [6.07, 6.45) is 2.79. The third kappa shape index (κ3) is 2.90. The Morgan fingerprint density at radius 2 is 2.00 bits per heavy atom. The fourth-order valence-electron chi connectivity index (χ4n) is 2.74. The lowest BCUT2D eigenvalue weighted by Crippen LogP contribution is -2.35. The zero-order chi connectivity index (χ0) is 18.1. The number of rotatable bonds is 3. The number of hydrogen-bond acceptors (Lipinski definition) is 4. The van der Waals surface area contributed by atoms with Gasteiger partial charge in [-0.3, -0.25) is 9.59 Å². The molecule has 26 heavy (non-hydrogen) atoms. The molecule has 0 bridgehead atoms. The number of benzene rings is 2. The number of H-pyrrole nitrogens is 1. The van der Waals surface area contributed by atoms with Crippen LogP contribution in [0.1, 0.15) is 17.3 Å². The molecule has 3 N–H and O–H groups in total. The number of anilines is 2. The molecule has 0 radical (unpaired) electrons. The molecule has 2 aromatic carbocycles. The maximum atomic E-state index is 12.7. The number of ether oxygens (including phenoxy) is 1. The molecule has 0 saturated carbocycles. The lowest BCUT2D eigenvalue weighted by Gasteiger charge is -2.25. The van der Waals surface area contributed by atoms with Gasteiger partial charge in [0, 0.05) is 23.6 Å². The summed E-state index contributed by atoms with van der Waals surface area (Å²) in [6.45, 7) is 1.64. The van der Waals surface area contributed by atoms with Crippen molar-refractivity contribution in [3.63, 3.8) is 0 Å². The van der Waals surface area contributed by atoms with Crippen LogP contribution >= 0.6 is 0 Å². The van der Waals surface area contributed by atoms with Crippen molar-refractivity contribution >= 4 is 23.2 Å². The second-order valence-electron chi connectivity index (χ2n) is 5.90. The monoisotopic (exact) mass is 348 g/mol. The minimum atomic E-state index is -0.649. The normalized spacial score (nSPS) is 15.6. The van der Waals surface area contributed by atoms with E-state index in [9.17, 15) is 9.59 Å². The van der Waals surface area contributed by atoms with E-state index < -0.39 is 6.10 Å². The average Bonchev–Trinajstić information content (AvgIpc) is 3.17. The summed E-state index contributed by atoms with van der Waals surface area (Å²) in [6, 6.07) is 12.4. The Morgan fingerprint density at radius 3 is 2.73 bits per heavy atom. The number of nitrogens with zero attached hydrogens (tertiary/aromatic N) is 1. The third-order valence-electron chi connectivity index (χ3n) is 4.10. The summed E-state index contributed by atoms with van der Waals surface area (Å²) < 4.78 is 5.62. The molecule has 7 heteroatoms. The summed E-state index contributed by atoms with van der Waals surface area (Å²) in [5.74, 6) is 0.599. The predicted octanol–water partition coefficient (Wildman–Crippen LogP) is 3.05. The van der Waals surface area contributed by atoms with Gasteiger partial charge in [0.05, 0.1) is 11.3 Å². The number of fused-ring (bicyclic) bond motifs is 1. The summed E-state index contributed by atoms with van der Waals surface area (Å²) in [5, 5.41) is 5.58. The quantitative estimate of drug-likeness (QED) is 0.678. The Kier molecular flexibility index (Phi) is 3.89. The van der Waals surface area contributed by atoms with E-state index in [0.29, 0.717) is 22.7 Å². The molecule has 3 aromatic rings. The van der Waals surface area contributed by atoms with E-state index in [1.165, 1.54) is 0 Å². The Labute approximate surface area is 149 Å². The zero-order valence-corrected chi connectivity index (χ0v) is 13.9. The highest BCUT2D eigenvalue weighted by Crippen LogP contribution is 2.33. The summed E-state index contributed by atoms with van der Waals surface area (Å²) in [5.41, 5.74) is 2.43. The average molecular weight is 348 g/mol. The molecular weight excluding hydrogens is 332 g/mol. The largest absolute Gasteiger partial charge is 0.478 e. The first-order valence-corrected chi connectivity index (χ1v) is 8.13. The molecule has 130 valence electrons. The lowest BCUT2D eigenvalue weighted by atomic mass is 10.1. The van der Waals surface area contributed by atoms with Gasteiger partial charge in [-0.2, -0.15) is 0 Å². The van der Waals surface area contributed by atoms with Gasteiger partial charge in [-0.25, -0.2) is 4.98 Å². The smallest absolute Gasteiger partial charge is 0.265 e. The van der Waals surface area contributed by atoms with Gasteiger partial charge in [0.1, 0.15) is 5.82 Å². The van der Waals surface area contributed by atoms with Gasteiger partial charge in [-0.05, 0) is 43.3 Å². The Morgan fingerprint density at radius 1 is 1.19 bits per heavy atom. The van der Waals surface area contributed by atoms with Crippen LogP contribution in [0.15, 0.2) is 54.9 Å². The fraction of sp³-hybridized carbons (Fsp3) is 0.105. The van der Waals surface area contributed by atoms with Gasteiger partial charge in [-0.15, -0.1) is 0 Å². The topological polar surface area (TPSA) is 96.1 Å². The number of para-hydroxylation sites is 1. The number of amides is 2. The van der Waals surface area contributed by atoms with Crippen LogP contribution in [0, 0.1) is 0 Å². The van der Waals surface area contributed by atoms with Crippen LogP contribution in [0.25, 0.3) is 11.4 Å². The van der Waals surface area contributed by atoms with E-state index in [4.69, 9.17) is 4.74 Å². The second-order valence-corrected chi connectivity index (χ2v) is 5.90. The first-order chi connectivity index (χ1) is 12.6. The van der Waals surface area contributed by atoms with Crippen molar-refractivity contribution in [1.29, 1.82) is 0 Å². The maximum absolute atomic E-state index is 12.7. The van der Waals surface area contributed by atoms with Crippen molar-refractivity contribution < 1.29 is 14.3 Å². The highest BCUT2D eigenvalue weighted by molar-refractivity contribution is 6.09. The molecule has 0 fully saturated rings. The molecule has 0 spiro atoms. The Balaban J connectivity index is 1.56. The number of imidazole rings is 1. The van der Waals surface area contributed by atoms with Crippen molar-refractivity contribution in [3.8, 4) is 17.1 Å². The number of carbonyl (C=O) groups excluding carboxylic acids is 2. The first kappa shape index (κ1) is 15.9. The highest BCUT2D eigenvalue weighted by atomic mass is 16.5. The van der Waals surface area contributed by atoms with Crippen LogP contribution in [0.2, 0.25) is 0 Å². The number of aromatic nitrogens is 2. The van der Waals surface area contributed by atoms with E-state index >= 15 is 0 Å². The fourth-order valence-corrected chi connectivity index (χ4v) is 2.74. The van der Waals surface area contributed by atoms with Crippen molar-refractivity contribution in [2.75, 3.05) is 10.6 Å². The van der Waals surface area contributed by atoms with Crippen LogP contribution < -0.4 is 15.4 Å². The van der Waals surface area contributed by atoms with Gasteiger partial charge in [0.2, 0.25) is 0 Å². The third-order valence-corrected chi connectivity index (χ3v) is 4.10. The van der Waals surface area contributed by atoms with Crippen LogP contribution in [0.5, 0.6) is 5.75 Å². The highest BCUT2D eigenvalue weighted by Gasteiger charge is 2.27. The molecule has 2 heterocycles. The summed E-state index contributed by atoms with van der Waals surface area (Å²) in [7, 11) is 0. The van der Waals surface area contributed by atoms with E-state index in [2.05, 4.69) is 20.6 Å². The Bertz CT molecular complexity index is 965. The number of aromatic amines is 1. The van der Waals surface area contributed by atoms with Crippen molar-refractivity contribution in [3.05, 3.63) is 60.4 Å². The molecule has 0 unspecified atom stereocenters. The molecule has 1 atom stereocenters. The molecule has 4 rings (SSSR count). The van der Waals surface area contributed by atoms with E-state index in [-0.39, 0.29) is 11.8 Å². The second kappa shape index (κ2) is 6.36. The maximum Gasteiger partial charge on any atom is 0.265 e. The van der Waals surface area contributed by atoms with Gasteiger partial charge in [0.15, 0.2) is 11.9 Å². The first-order valence-electron chi connectivity index (χ1n) is 8.13.